The maximum absolute atomic E-state index is 12.8. The van der Waals surface area contributed by atoms with Gasteiger partial charge in [-0.2, -0.15) is 0 Å². The molecule has 7 heteroatoms. The lowest BCUT2D eigenvalue weighted by Gasteiger charge is -2.16. The first-order valence-corrected chi connectivity index (χ1v) is 10.3. The van der Waals surface area contributed by atoms with Crippen molar-refractivity contribution in [1.82, 2.24) is 9.47 Å². The molecule has 1 aliphatic heterocycles. The number of rotatable bonds is 8. The second kappa shape index (κ2) is 9.57. The number of halogens is 1. The minimum Gasteiger partial charge on any atom is -0.376 e. The molecule has 0 radical (unpaired) electrons. The van der Waals surface area contributed by atoms with Crippen LogP contribution in [0.15, 0.2) is 30.3 Å². The SMILES string of the molecule is Cc1cc(C(=O)CN(C)CC(=O)Nc2ccc(Cl)cc2)c(C)n1C[C@@H]1CCCO1. The lowest BCUT2D eigenvalue weighted by atomic mass is 10.1. The van der Waals surface area contributed by atoms with Crippen LogP contribution in [-0.4, -0.2) is 54.0 Å². The molecule has 1 N–H and O–H groups in total. The van der Waals surface area contributed by atoms with Crippen LogP contribution in [0.25, 0.3) is 0 Å². The first-order chi connectivity index (χ1) is 13.8. The fourth-order valence-electron chi connectivity index (χ4n) is 3.72. The third-order valence-corrected chi connectivity index (χ3v) is 5.49. The van der Waals surface area contributed by atoms with E-state index in [0.29, 0.717) is 16.3 Å². The zero-order chi connectivity index (χ0) is 21.0. The molecule has 0 saturated carbocycles. The van der Waals surface area contributed by atoms with Crippen LogP contribution < -0.4 is 5.32 Å². The molecular weight excluding hydrogens is 390 g/mol. The number of ketones is 1. The van der Waals surface area contributed by atoms with E-state index in [1.54, 1.807) is 36.2 Å². The number of benzene rings is 1. The summed E-state index contributed by atoms with van der Waals surface area (Å²) >= 11 is 5.85. The molecule has 0 bridgehead atoms. The standard InChI is InChI=1S/C22H28ClN3O3/c1-15-11-20(16(2)26(15)12-19-5-4-10-29-19)21(27)13-25(3)14-22(28)24-18-8-6-17(23)7-9-18/h6-9,11,19H,4-5,10,12-14H2,1-3H3,(H,24,28)/t19-/m0/s1. The quantitative estimate of drug-likeness (QED) is 0.665. The van der Waals surface area contributed by atoms with Crippen LogP contribution in [0.1, 0.15) is 34.6 Å². The van der Waals surface area contributed by atoms with Crippen LogP contribution in [0.2, 0.25) is 5.02 Å². The van der Waals surface area contributed by atoms with Gasteiger partial charge in [0.05, 0.1) is 19.2 Å². The van der Waals surface area contributed by atoms with Gasteiger partial charge in [-0.15, -0.1) is 0 Å². The van der Waals surface area contributed by atoms with Crippen molar-refractivity contribution in [3.63, 3.8) is 0 Å². The summed E-state index contributed by atoms with van der Waals surface area (Å²) < 4.78 is 7.90. The van der Waals surface area contributed by atoms with Gasteiger partial charge in [0.2, 0.25) is 5.91 Å². The Kier molecular flexibility index (Phi) is 7.11. The highest BCUT2D eigenvalue weighted by molar-refractivity contribution is 6.30. The number of carbonyl (C=O) groups excluding carboxylic acids is 2. The Morgan fingerprint density at radius 3 is 2.62 bits per heavy atom. The van der Waals surface area contributed by atoms with Crippen molar-refractivity contribution in [2.75, 3.05) is 32.1 Å². The Morgan fingerprint density at radius 1 is 1.24 bits per heavy atom. The highest BCUT2D eigenvalue weighted by atomic mass is 35.5. The smallest absolute Gasteiger partial charge is 0.238 e. The number of nitrogens with zero attached hydrogens (tertiary/aromatic N) is 2. The summed E-state index contributed by atoms with van der Waals surface area (Å²) in [5.41, 5.74) is 3.41. The summed E-state index contributed by atoms with van der Waals surface area (Å²) in [7, 11) is 1.77. The summed E-state index contributed by atoms with van der Waals surface area (Å²) in [6.45, 7) is 5.90. The Labute approximate surface area is 176 Å². The molecule has 29 heavy (non-hydrogen) atoms. The van der Waals surface area contributed by atoms with Crippen molar-refractivity contribution in [3.8, 4) is 0 Å². The summed E-state index contributed by atoms with van der Waals surface area (Å²) in [5.74, 6) is -0.162. The molecule has 0 spiro atoms. The minimum atomic E-state index is -0.175. The Morgan fingerprint density at radius 2 is 1.97 bits per heavy atom. The zero-order valence-corrected chi connectivity index (χ0v) is 18.0. The topological polar surface area (TPSA) is 63.6 Å². The van der Waals surface area contributed by atoms with Gasteiger partial charge in [0.15, 0.2) is 5.78 Å². The van der Waals surface area contributed by atoms with Gasteiger partial charge < -0.3 is 14.6 Å². The number of likely N-dealkylation sites (N-methyl/N-ethyl adjacent to an activating group) is 1. The second-order valence-corrected chi connectivity index (χ2v) is 8.12. The predicted molar refractivity (Wildman–Crippen MR) is 115 cm³/mol. The lowest BCUT2D eigenvalue weighted by molar-refractivity contribution is -0.116. The van der Waals surface area contributed by atoms with Crippen molar-refractivity contribution < 1.29 is 14.3 Å². The minimum absolute atomic E-state index is 0.0125. The molecule has 6 nitrogen and oxygen atoms in total. The monoisotopic (exact) mass is 417 g/mol. The van der Waals surface area contributed by atoms with Crippen LogP contribution in [0, 0.1) is 13.8 Å². The number of carbonyl (C=O) groups is 2. The van der Waals surface area contributed by atoms with Crippen molar-refractivity contribution in [3.05, 3.63) is 52.3 Å². The molecule has 1 amide bonds. The van der Waals surface area contributed by atoms with Gasteiger partial charge in [0.25, 0.3) is 0 Å². The van der Waals surface area contributed by atoms with E-state index in [1.165, 1.54) is 0 Å². The summed E-state index contributed by atoms with van der Waals surface area (Å²) in [6.07, 6.45) is 2.38. The Hall–Kier alpha value is -2.15. The van der Waals surface area contributed by atoms with Crippen molar-refractivity contribution >= 4 is 29.0 Å². The third kappa shape index (κ3) is 5.69. The molecule has 1 atom stereocenters. The Bertz CT molecular complexity index is 870. The number of hydrogen-bond donors (Lipinski definition) is 1. The number of Topliss-reactive ketones (excluding diaryl/α,β-unsaturated/α-hetero) is 1. The van der Waals surface area contributed by atoms with E-state index >= 15 is 0 Å². The summed E-state index contributed by atoms with van der Waals surface area (Å²) in [4.78, 5) is 26.8. The molecule has 1 aromatic carbocycles. The highest BCUT2D eigenvalue weighted by Gasteiger charge is 2.22. The number of aromatic nitrogens is 1. The molecule has 1 fully saturated rings. The number of aryl methyl sites for hydroxylation is 1. The van der Waals surface area contributed by atoms with Crippen molar-refractivity contribution in [2.45, 2.75) is 39.3 Å². The molecule has 1 saturated heterocycles. The van der Waals surface area contributed by atoms with E-state index < -0.39 is 0 Å². The summed E-state index contributed by atoms with van der Waals surface area (Å²) in [5, 5.41) is 3.42. The zero-order valence-electron chi connectivity index (χ0n) is 17.2. The van der Waals surface area contributed by atoms with Crippen LogP contribution in [0.4, 0.5) is 5.69 Å². The van der Waals surface area contributed by atoms with Gasteiger partial charge in [0, 0.05) is 40.8 Å². The number of ether oxygens (including phenoxy) is 1. The molecule has 0 unspecified atom stereocenters. The van der Waals surface area contributed by atoms with E-state index in [4.69, 9.17) is 16.3 Å². The third-order valence-electron chi connectivity index (χ3n) is 5.24. The second-order valence-electron chi connectivity index (χ2n) is 7.68. The number of anilines is 1. The molecule has 1 aliphatic rings. The van der Waals surface area contributed by atoms with Gasteiger partial charge in [-0.3, -0.25) is 14.5 Å². The molecule has 1 aromatic heterocycles. The summed E-state index contributed by atoms with van der Waals surface area (Å²) in [6, 6.07) is 8.87. The highest BCUT2D eigenvalue weighted by Crippen LogP contribution is 2.21. The van der Waals surface area contributed by atoms with Gasteiger partial charge in [-0.25, -0.2) is 0 Å². The van der Waals surface area contributed by atoms with Crippen molar-refractivity contribution in [2.24, 2.45) is 0 Å². The number of amides is 1. The fourth-order valence-corrected chi connectivity index (χ4v) is 3.85. The van der Waals surface area contributed by atoms with E-state index in [2.05, 4.69) is 9.88 Å². The molecule has 2 heterocycles. The van der Waals surface area contributed by atoms with Crippen LogP contribution in [0.5, 0.6) is 0 Å². The predicted octanol–water partition coefficient (Wildman–Crippen LogP) is 3.69. The first kappa shape index (κ1) is 21.6. The first-order valence-electron chi connectivity index (χ1n) is 9.89. The maximum Gasteiger partial charge on any atom is 0.238 e. The van der Waals surface area contributed by atoms with Crippen LogP contribution in [-0.2, 0) is 16.1 Å². The molecule has 156 valence electrons. The van der Waals surface area contributed by atoms with Crippen molar-refractivity contribution in [1.29, 1.82) is 0 Å². The van der Waals surface area contributed by atoms with Gasteiger partial charge >= 0.3 is 0 Å². The van der Waals surface area contributed by atoms with Gasteiger partial charge in [-0.05, 0) is 64.1 Å². The molecule has 3 rings (SSSR count). The molecule has 2 aromatic rings. The number of hydrogen-bond acceptors (Lipinski definition) is 4. The van der Waals surface area contributed by atoms with E-state index in [9.17, 15) is 9.59 Å². The average molecular weight is 418 g/mol. The average Bonchev–Trinajstić information content (AvgIpc) is 3.27. The Balaban J connectivity index is 1.56. The van der Waals surface area contributed by atoms with E-state index in [-0.39, 0.29) is 30.9 Å². The normalized spacial score (nSPS) is 16.4. The van der Waals surface area contributed by atoms with Crippen LogP contribution in [0.3, 0.4) is 0 Å². The fraction of sp³-hybridized carbons (Fsp3) is 0.455. The maximum atomic E-state index is 12.8. The lowest BCUT2D eigenvalue weighted by Crippen LogP contribution is -2.34. The van der Waals surface area contributed by atoms with Crippen LogP contribution >= 0.6 is 11.6 Å². The largest absolute Gasteiger partial charge is 0.376 e. The van der Waals surface area contributed by atoms with E-state index in [0.717, 1.165) is 37.4 Å². The van der Waals surface area contributed by atoms with E-state index in [1.807, 2.05) is 19.9 Å². The molecular formula is C22H28ClN3O3. The van der Waals surface area contributed by atoms with Gasteiger partial charge in [0.1, 0.15) is 0 Å². The van der Waals surface area contributed by atoms with Gasteiger partial charge in [-0.1, -0.05) is 11.6 Å². The number of nitrogens with one attached hydrogen (secondary N) is 1. The molecule has 0 aliphatic carbocycles.